The van der Waals surface area contributed by atoms with Gasteiger partial charge in [0, 0.05) is 23.9 Å². The zero-order valence-electron chi connectivity index (χ0n) is 22.0. The van der Waals surface area contributed by atoms with E-state index in [1.807, 2.05) is 6.92 Å². The van der Waals surface area contributed by atoms with Gasteiger partial charge in [-0.3, -0.25) is 4.79 Å². The summed E-state index contributed by atoms with van der Waals surface area (Å²) in [5.74, 6) is -1.48. The highest BCUT2D eigenvalue weighted by molar-refractivity contribution is 5.92. The fourth-order valence-electron chi connectivity index (χ4n) is 3.35. The molecule has 0 amide bonds. The van der Waals surface area contributed by atoms with Crippen LogP contribution in [0.15, 0.2) is 72.8 Å². The van der Waals surface area contributed by atoms with Gasteiger partial charge in [-0.15, -0.1) is 0 Å². The Hall–Kier alpha value is -5.12. The molecule has 0 saturated heterocycles. The Morgan fingerprint density at radius 2 is 1.27 bits per heavy atom. The molecule has 208 valence electrons. The number of benzene rings is 3. The van der Waals surface area contributed by atoms with E-state index in [1.54, 1.807) is 24.3 Å². The lowest BCUT2D eigenvalue weighted by Gasteiger charge is -2.08. The first-order valence-corrected chi connectivity index (χ1v) is 12.5. The highest BCUT2D eigenvalue weighted by atomic mass is 16.6. The number of carbonyl (C=O) groups excluding carboxylic acids is 4. The molecule has 3 aromatic rings. The number of rotatable bonds is 12. The van der Waals surface area contributed by atoms with E-state index >= 15 is 0 Å². The summed E-state index contributed by atoms with van der Waals surface area (Å²) in [6.07, 6.45) is 4.78. The van der Waals surface area contributed by atoms with E-state index in [0.29, 0.717) is 34.9 Å². The summed E-state index contributed by atoms with van der Waals surface area (Å²) in [5.41, 5.74) is 13.1. The van der Waals surface area contributed by atoms with Gasteiger partial charge in [0.15, 0.2) is 0 Å². The van der Waals surface area contributed by atoms with E-state index in [9.17, 15) is 19.2 Å². The van der Waals surface area contributed by atoms with Crippen LogP contribution in [0.4, 0.5) is 11.4 Å². The number of ether oxygens (including phenoxy) is 4. The molecule has 0 aliphatic carbocycles. The Morgan fingerprint density at radius 3 is 1.85 bits per heavy atom. The second-order valence-electron chi connectivity index (χ2n) is 8.59. The molecule has 3 aromatic carbocycles. The highest BCUT2D eigenvalue weighted by Gasteiger charge is 2.11. The molecule has 0 bridgehead atoms. The Kier molecular flexibility index (Phi) is 10.8. The standard InChI is InChI=1S/C30H30N2O8/c1-2-3-4-27(33)39-25-10-12-26(13-11-25)40-28(34)14-7-20-5-8-21(9-6-20)29(35)37-15-16-38-30(36)22-17-23(31)19-24(32)18-22/h5-14,17-19H,2-4,15-16,31-32H2,1H3/b14-7+. The predicted molar refractivity (Wildman–Crippen MR) is 149 cm³/mol. The molecule has 0 spiro atoms. The number of hydrogen-bond donors (Lipinski definition) is 2. The van der Waals surface area contributed by atoms with E-state index in [4.69, 9.17) is 30.4 Å². The molecular weight excluding hydrogens is 516 g/mol. The van der Waals surface area contributed by atoms with E-state index in [1.165, 1.54) is 54.6 Å². The summed E-state index contributed by atoms with van der Waals surface area (Å²) in [6, 6.07) is 16.9. The summed E-state index contributed by atoms with van der Waals surface area (Å²) in [7, 11) is 0. The molecule has 0 aromatic heterocycles. The number of carbonyl (C=O) groups is 4. The van der Waals surface area contributed by atoms with Crippen molar-refractivity contribution in [3.05, 3.63) is 89.5 Å². The predicted octanol–water partition coefficient (Wildman–Crippen LogP) is 4.58. The van der Waals surface area contributed by atoms with Crippen molar-refractivity contribution in [2.45, 2.75) is 26.2 Å². The van der Waals surface area contributed by atoms with Crippen molar-refractivity contribution in [2.75, 3.05) is 24.7 Å². The molecule has 10 heteroatoms. The molecular formula is C30H30N2O8. The Balaban J connectivity index is 1.41. The lowest BCUT2D eigenvalue weighted by atomic mass is 10.1. The second-order valence-corrected chi connectivity index (χ2v) is 8.59. The van der Waals surface area contributed by atoms with Gasteiger partial charge in [0.2, 0.25) is 0 Å². The van der Waals surface area contributed by atoms with Crippen molar-refractivity contribution in [3.8, 4) is 11.5 Å². The summed E-state index contributed by atoms with van der Waals surface area (Å²) < 4.78 is 20.7. The van der Waals surface area contributed by atoms with E-state index in [0.717, 1.165) is 12.8 Å². The lowest BCUT2D eigenvalue weighted by Crippen LogP contribution is -2.14. The number of esters is 4. The maximum Gasteiger partial charge on any atom is 0.338 e. The smallest absolute Gasteiger partial charge is 0.338 e. The van der Waals surface area contributed by atoms with Gasteiger partial charge >= 0.3 is 23.9 Å². The van der Waals surface area contributed by atoms with Crippen LogP contribution in [0.25, 0.3) is 6.08 Å². The number of nitrogens with two attached hydrogens (primary N) is 2. The van der Waals surface area contributed by atoms with Gasteiger partial charge < -0.3 is 30.4 Å². The minimum atomic E-state index is -0.634. The maximum absolute atomic E-state index is 12.2. The molecule has 3 rings (SSSR count). The molecule has 0 fully saturated rings. The van der Waals surface area contributed by atoms with Crippen molar-refractivity contribution < 1.29 is 38.1 Å². The Labute approximate surface area is 231 Å². The second kappa shape index (κ2) is 14.7. The third-order valence-corrected chi connectivity index (χ3v) is 5.33. The zero-order chi connectivity index (χ0) is 28.9. The van der Waals surface area contributed by atoms with E-state index in [2.05, 4.69) is 0 Å². The van der Waals surface area contributed by atoms with Crippen molar-refractivity contribution in [2.24, 2.45) is 0 Å². The summed E-state index contributed by atoms with van der Waals surface area (Å²) in [5, 5.41) is 0. The summed E-state index contributed by atoms with van der Waals surface area (Å²) >= 11 is 0. The normalized spacial score (nSPS) is 10.6. The molecule has 0 radical (unpaired) electrons. The lowest BCUT2D eigenvalue weighted by molar-refractivity contribution is -0.134. The topological polar surface area (TPSA) is 157 Å². The fraction of sp³-hybridized carbons (Fsp3) is 0.200. The Bertz CT molecular complexity index is 1350. The van der Waals surface area contributed by atoms with Crippen LogP contribution in [0.3, 0.4) is 0 Å². The van der Waals surface area contributed by atoms with E-state index < -0.39 is 17.9 Å². The molecule has 0 unspecified atom stereocenters. The van der Waals surface area contributed by atoms with Crippen molar-refractivity contribution in [3.63, 3.8) is 0 Å². The quantitative estimate of drug-likeness (QED) is 0.108. The Morgan fingerprint density at radius 1 is 0.725 bits per heavy atom. The van der Waals surface area contributed by atoms with Crippen LogP contribution in [0, 0.1) is 0 Å². The van der Waals surface area contributed by atoms with Gasteiger partial charge in [-0.2, -0.15) is 0 Å². The maximum atomic E-state index is 12.2. The van der Waals surface area contributed by atoms with Crippen LogP contribution in [0.5, 0.6) is 11.5 Å². The number of unbranched alkanes of at least 4 members (excludes halogenated alkanes) is 1. The van der Waals surface area contributed by atoms with Crippen LogP contribution < -0.4 is 20.9 Å². The first-order valence-electron chi connectivity index (χ1n) is 12.5. The van der Waals surface area contributed by atoms with Gasteiger partial charge in [-0.05, 0) is 72.7 Å². The van der Waals surface area contributed by atoms with Crippen LogP contribution in [-0.4, -0.2) is 37.1 Å². The monoisotopic (exact) mass is 546 g/mol. The summed E-state index contributed by atoms with van der Waals surface area (Å²) in [6.45, 7) is 1.71. The van der Waals surface area contributed by atoms with Crippen LogP contribution >= 0.6 is 0 Å². The fourth-order valence-corrected chi connectivity index (χ4v) is 3.35. The molecule has 10 nitrogen and oxygen atoms in total. The molecule has 4 N–H and O–H groups in total. The molecule has 0 aliphatic heterocycles. The van der Waals surface area contributed by atoms with E-state index in [-0.39, 0.29) is 30.3 Å². The van der Waals surface area contributed by atoms with Crippen LogP contribution in [0.1, 0.15) is 52.5 Å². The van der Waals surface area contributed by atoms with Crippen molar-refractivity contribution in [1.82, 2.24) is 0 Å². The average Bonchev–Trinajstić information content (AvgIpc) is 2.93. The first-order chi connectivity index (χ1) is 19.2. The first kappa shape index (κ1) is 29.4. The van der Waals surface area contributed by atoms with Gasteiger partial charge in [0.05, 0.1) is 11.1 Å². The molecule has 40 heavy (non-hydrogen) atoms. The number of anilines is 2. The summed E-state index contributed by atoms with van der Waals surface area (Å²) in [4.78, 5) is 48.1. The minimum absolute atomic E-state index is 0.141. The molecule has 0 aliphatic rings. The molecule has 0 atom stereocenters. The largest absolute Gasteiger partial charge is 0.458 e. The van der Waals surface area contributed by atoms with Gasteiger partial charge in [0.1, 0.15) is 24.7 Å². The van der Waals surface area contributed by atoms with Gasteiger partial charge in [-0.25, -0.2) is 14.4 Å². The SMILES string of the molecule is CCCCC(=O)Oc1ccc(OC(=O)/C=C/c2ccc(C(=O)OCCOC(=O)c3cc(N)cc(N)c3)cc2)cc1. The third kappa shape index (κ3) is 9.64. The minimum Gasteiger partial charge on any atom is -0.458 e. The van der Waals surface area contributed by atoms with Crippen molar-refractivity contribution >= 4 is 41.3 Å². The average molecular weight is 547 g/mol. The number of hydrogen-bond acceptors (Lipinski definition) is 10. The van der Waals surface area contributed by atoms with Crippen molar-refractivity contribution in [1.29, 1.82) is 0 Å². The van der Waals surface area contributed by atoms with Crippen LogP contribution in [0.2, 0.25) is 0 Å². The third-order valence-electron chi connectivity index (χ3n) is 5.33. The zero-order valence-corrected chi connectivity index (χ0v) is 22.0. The van der Waals surface area contributed by atoms with Crippen LogP contribution in [-0.2, 0) is 19.1 Å². The highest BCUT2D eigenvalue weighted by Crippen LogP contribution is 2.19. The number of nitrogen functional groups attached to an aromatic ring is 2. The molecule has 0 heterocycles. The van der Waals surface area contributed by atoms with Gasteiger partial charge in [-0.1, -0.05) is 25.5 Å². The molecule has 0 saturated carbocycles. The van der Waals surface area contributed by atoms with Gasteiger partial charge in [0.25, 0.3) is 0 Å².